The molecule has 0 atom stereocenters. The Hall–Kier alpha value is -2.76. The number of aromatic nitrogens is 4. The molecule has 3 aromatic rings. The molecule has 0 radical (unpaired) electrons. The Kier molecular flexibility index (Phi) is 5.26. The van der Waals surface area contributed by atoms with Gasteiger partial charge in [-0.3, -0.25) is 9.78 Å². The van der Waals surface area contributed by atoms with E-state index in [1.807, 2.05) is 6.92 Å². The molecule has 0 aromatic carbocycles. The first-order valence-corrected chi connectivity index (χ1v) is 9.18. The Labute approximate surface area is 158 Å². The van der Waals surface area contributed by atoms with Gasteiger partial charge in [-0.1, -0.05) is 27.7 Å². The maximum absolute atomic E-state index is 14.6. The second-order valence-electron chi connectivity index (χ2n) is 7.96. The maximum atomic E-state index is 14.6. The summed E-state index contributed by atoms with van der Waals surface area (Å²) < 4.78 is 17.9. The van der Waals surface area contributed by atoms with E-state index in [4.69, 9.17) is 0 Å². The molecule has 0 saturated carbocycles. The molecule has 0 aliphatic rings. The molecular weight excluding hydrogens is 343 g/mol. The van der Waals surface area contributed by atoms with Crippen molar-refractivity contribution in [3.05, 3.63) is 64.7 Å². The van der Waals surface area contributed by atoms with Crippen LogP contribution in [0.1, 0.15) is 39.8 Å². The van der Waals surface area contributed by atoms with E-state index in [1.54, 1.807) is 40.0 Å². The van der Waals surface area contributed by atoms with E-state index in [1.165, 1.54) is 12.1 Å². The van der Waals surface area contributed by atoms with Gasteiger partial charge in [-0.15, -0.1) is 0 Å². The van der Waals surface area contributed by atoms with Crippen LogP contribution in [0.25, 0.3) is 16.9 Å². The van der Waals surface area contributed by atoms with Gasteiger partial charge in [0.1, 0.15) is 5.82 Å². The van der Waals surface area contributed by atoms with Gasteiger partial charge in [-0.2, -0.15) is 5.10 Å². The summed E-state index contributed by atoms with van der Waals surface area (Å²) in [5, 5.41) is 4.47. The second-order valence-corrected chi connectivity index (χ2v) is 7.96. The maximum Gasteiger partial charge on any atom is 0.250 e. The number of halogens is 1. The van der Waals surface area contributed by atoms with Gasteiger partial charge in [0.25, 0.3) is 5.56 Å². The summed E-state index contributed by atoms with van der Waals surface area (Å²) in [4.78, 5) is 16.3. The Balaban J connectivity index is 1.90. The topological polar surface area (TPSA) is 52.7 Å². The highest BCUT2D eigenvalue weighted by molar-refractivity contribution is 5.58. The lowest BCUT2D eigenvalue weighted by molar-refractivity contribution is 0.405. The Morgan fingerprint density at radius 1 is 1.19 bits per heavy atom. The Morgan fingerprint density at radius 3 is 2.63 bits per heavy atom. The third-order valence-corrected chi connectivity index (χ3v) is 4.18. The van der Waals surface area contributed by atoms with Crippen molar-refractivity contribution in [2.24, 2.45) is 5.41 Å². The van der Waals surface area contributed by atoms with Gasteiger partial charge >= 0.3 is 0 Å². The van der Waals surface area contributed by atoms with Gasteiger partial charge in [-0.05, 0) is 36.5 Å². The fourth-order valence-corrected chi connectivity index (χ4v) is 2.98. The summed E-state index contributed by atoms with van der Waals surface area (Å²) in [6.45, 7) is 8.96. The number of hydrogen-bond acceptors (Lipinski definition) is 3. The van der Waals surface area contributed by atoms with Crippen molar-refractivity contribution in [2.75, 3.05) is 0 Å². The molecule has 0 aliphatic carbocycles. The van der Waals surface area contributed by atoms with Crippen LogP contribution in [0.2, 0.25) is 0 Å². The zero-order chi connectivity index (χ0) is 19.6. The first kappa shape index (κ1) is 19.0. The van der Waals surface area contributed by atoms with E-state index in [-0.39, 0.29) is 16.8 Å². The summed E-state index contributed by atoms with van der Waals surface area (Å²) in [6.07, 6.45) is 6.64. The van der Waals surface area contributed by atoms with E-state index in [0.717, 1.165) is 17.8 Å². The summed E-state index contributed by atoms with van der Waals surface area (Å²) in [5.41, 5.74) is 2.37. The van der Waals surface area contributed by atoms with Gasteiger partial charge < -0.3 is 4.57 Å². The standard InChI is InChI=1S/C21H25FN4O/c1-5-9-25-14-16(6-7-20(25)27)26-10-8-19(24-26)17-13-23-15(11-18(17)22)12-21(2,3)4/h6-8,10-11,13-14H,5,9,12H2,1-4H3. The fourth-order valence-electron chi connectivity index (χ4n) is 2.98. The zero-order valence-corrected chi connectivity index (χ0v) is 16.2. The molecule has 6 heteroatoms. The van der Waals surface area contributed by atoms with Gasteiger partial charge in [0.2, 0.25) is 0 Å². The number of pyridine rings is 2. The van der Waals surface area contributed by atoms with Crippen LogP contribution in [0, 0.1) is 11.2 Å². The summed E-state index contributed by atoms with van der Waals surface area (Å²) in [7, 11) is 0. The number of nitrogens with zero attached hydrogens (tertiary/aromatic N) is 4. The van der Waals surface area contributed by atoms with Crippen LogP contribution in [-0.2, 0) is 13.0 Å². The molecule has 0 amide bonds. The van der Waals surface area contributed by atoms with Crippen molar-refractivity contribution < 1.29 is 4.39 Å². The molecule has 5 nitrogen and oxygen atoms in total. The molecule has 0 N–H and O–H groups in total. The van der Waals surface area contributed by atoms with E-state index in [2.05, 4.69) is 30.9 Å². The van der Waals surface area contributed by atoms with Gasteiger partial charge in [-0.25, -0.2) is 9.07 Å². The summed E-state index contributed by atoms with van der Waals surface area (Å²) >= 11 is 0. The molecule has 0 saturated heterocycles. The van der Waals surface area contributed by atoms with Crippen molar-refractivity contribution in [3.8, 4) is 16.9 Å². The van der Waals surface area contributed by atoms with E-state index < -0.39 is 0 Å². The predicted molar refractivity (Wildman–Crippen MR) is 104 cm³/mol. The molecule has 142 valence electrons. The zero-order valence-electron chi connectivity index (χ0n) is 16.2. The quantitative estimate of drug-likeness (QED) is 0.677. The van der Waals surface area contributed by atoms with Crippen LogP contribution < -0.4 is 5.56 Å². The van der Waals surface area contributed by atoms with Gasteiger partial charge in [0.05, 0.1) is 16.9 Å². The van der Waals surface area contributed by atoms with Crippen LogP contribution in [-0.4, -0.2) is 19.3 Å². The van der Waals surface area contributed by atoms with Gasteiger partial charge in [0.15, 0.2) is 0 Å². The predicted octanol–water partition coefficient (Wildman–Crippen LogP) is 4.23. The van der Waals surface area contributed by atoms with E-state index in [0.29, 0.717) is 24.2 Å². The monoisotopic (exact) mass is 368 g/mol. The average molecular weight is 368 g/mol. The Morgan fingerprint density at radius 2 is 1.96 bits per heavy atom. The minimum atomic E-state index is -0.328. The van der Waals surface area contributed by atoms with E-state index >= 15 is 0 Å². The highest BCUT2D eigenvalue weighted by Crippen LogP contribution is 2.24. The molecule has 0 spiro atoms. The highest BCUT2D eigenvalue weighted by Gasteiger charge is 2.16. The summed E-state index contributed by atoms with van der Waals surface area (Å²) in [6, 6.07) is 6.47. The van der Waals surface area contributed by atoms with Crippen molar-refractivity contribution in [1.82, 2.24) is 19.3 Å². The lowest BCUT2D eigenvalue weighted by Gasteiger charge is -2.17. The fraction of sp³-hybridized carbons (Fsp3) is 0.381. The smallest absolute Gasteiger partial charge is 0.250 e. The molecule has 3 heterocycles. The molecule has 0 unspecified atom stereocenters. The van der Waals surface area contributed by atoms with Crippen LogP contribution >= 0.6 is 0 Å². The third-order valence-electron chi connectivity index (χ3n) is 4.18. The first-order chi connectivity index (χ1) is 12.8. The molecule has 3 aromatic heterocycles. The first-order valence-electron chi connectivity index (χ1n) is 9.18. The van der Waals surface area contributed by atoms with Crippen molar-refractivity contribution in [2.45, 2.75) is 47.1 Å². The molecule has 27 heavy (non-hydrogen) atoms. The van der Waals surface area contributed by atoms with Crippen LogP contribution in [0.4, 0.5) is 4.39 Å². The normalized spacial score (nSPS) is 11.7. The van der Waals surface area contributed by atoms with Crippen LogP contribution in [0.15, 0.2) is 47.7 Å². The minimum Gasteiger partial charge on any atom is -0.313 e. The SMILES string of the molecule is CCCn1cc(-n2ccc(-c3cnc(CC(C)(C)C)cc3F)n2)ccc1=O. The minimum absolute atomic E-state index is 0.0438. The number of rotatable bonds is 5. The Bertz CT molecular complexity index is 998. The molecule has 0 bridgehead atoms. The van der Waals surface area contributed by atoms with E-state index in [9.17, 15) is 9.18 Å². The summed E-state index contributed by atoms with van der Waals surface area (Å²) in [5.74, 6) is -0.328. The van der Waals surface area contributed by atoms with Crippen molar-refractivity contribution >= 4 is 0 Å². The average Bonchev–Trinajstić information content (AvgIpc) is 3.05. The highest BCUT2D eigenvalue weighted by atomic mass is 19.1. The number of hydrogen-bond donors (Lipinski definition) is 0. The number of aryl methyl sites for hydroxylation is 1. The molecule has 3 rings (SSSR count). The third kappa shape index (κ3) is 4.51. The lowest BCUT2D eigenvalue weighted by Crippen LogP contribution is -2.19. The molecule has 0 fully saturated rings. The van der Waals surface area contributed by atoms with Gasteiger partial charge in [0, 0.05) is 36.9 Å². The van der Waals surface area contributed by atoms with Crippen LogP contribution in [0.3, 0.4) is 0 Å². The van der Waals surface area contributed by atoms with Crippen molar-refractivity contribution in [3.63, 3.8) is 0 Å². The molecular formula is C21H25FN4O. The molecule has 0 aliphatic heterocycles. The van der Waals surface area contributed by atoms with Crippen LogP contribution in [0.5, 0.6) is 0 Å². The largest absolute Gasteiger partial charge is 0.313 e. The lowest BCUT2D eigenvalue weighted by atomic mass is 9.90. The second kappa shape index (κ2) is 7.47. The van der Waals surface area contributed by atoms with Crippen molar-refractivity contribution in [1.29, 1.82) is 0 Å².